The lowest BCUT2D eigenvalue weighted by atomic mass is 9.91. The second-order valence-corrected chi connectivity index (χ2v) is 6.90. The van der Waals surface area contributed by atoms with Gasteiger partial charge in [0.05, 0.1) is 11.8 Å². The van der Waals surface area contributed by atoms with Crippen molar-refractivity contribution in [3.8, 4) is 0 Å². The van der Waals surface area contributed by atoms with E-state index in [1.165, 1.54) is 6.07 Å². The molecule has 1 aliphatic heterocycles. The van der Waals surface area contributed by atoms with E-state index in [0.717, 1.165) is 62.9 Å². The number of benzene rings is 1. The third kappa shape index (κ3) is 4.27. The van der Waals surface area contributed by atoms with Gasteiger partial charge in [0.2, 0.25) is 0 Å². The lowest BCUT2D eigenvalue weighted by molar-refractivity contribution is 0.0667. The molecular weight excluding hydrogens is 317 g/mol. The summed E-state index contributed by atoms with van der Waals surface area (Å²) in [6.07, 6.45) is 7.22. The van der Waals surface area contributed by atoms with Gasteiger partial charge in [-0.2, -0.15) is 5.10 Å². The van der Waals surface area contributed by atoms with E-state index in [-0.39, 0.29) is 11.7 Å². The zero-order chi connectivity index (χ0) is 17.6. The number of nitrogens with zero attached hydrogens (tertiary/aromatic N) is 2. The van der Waals surface area contributed by atoms with E-state index in [0.29, 0.717) is 11.5 Å². The highest BCUT2D eigenvalue weighted by Gasteiger charge is 2.26. The van der Waals surface area contributed by atoms with Crippen LogP contribution in [0.1, 0.15) is 54.2 Å². The zero-order valence-corrected chi connectivity index (χ0v) is 14.8. The first-order chi connectivity index (χ1) is 12.2. The fraction of sp³-hybridized carbons (Fsp3) is 0.500. The van der Waals surface area contributed by atoms with E-state index in [2.05, 4.69) is 17.1 Å². The van der Waals surface area contributed by atoms with Crippen molar-refractivity contribution >= 4 is 5.91 Å². The van der Waals surface area contributed by atoms with Gasteiger partial charge in [-0.25, -0.2) is 4.39 Å². The van der Waals surface area contributed by atoms with Crippen LogP contribution in [0.2, 0.25) is 0 Å². The van der Waals surface area contributed by atoms with E-state index < -0.39 is 0 Å². The second-order valence-electron chi connectivity index (χ2n) is 6.90. The van der Waals surface area contributed by atoms with Crippen molar-refractivity contribution < 1.29 is 9.18 Å². The molecule has 0 bridgehead atoms. The Labute approximate surface area is 148 Å². The number of rotatable bonds is 6. The average Bonchev–Trinajstić information content (AvgIpc) is 3.09. The minimum atomic E-state index is -0.131. The molecule has 0 saturated carbocycles. The molecule has 1 fully saturated rings. The quantitative estimate of drug-likeness (QED) is 0.862. The number of aryl methyl sites for hydroxylation is 2. The molecule has 1 saturated heterocycles. The maximum Gasteiger partial charge on any atom is 0.257 e. The van der Waals surface area contributed by atoms with Gasteiger partial charge >= 0.3 is 0 Å². The van der Waals surface area contributed by atoms with Gasteiger partial charge in [-0.3, -0.25) is 9.89 Å². The van der Waals surface area contributed by atoms with Gasteiger partial charge in [0.25, 0.3) is 5.91 Å². The number of hydrogen-bond acceptors (Lipinski definition) is 2. The molecule has 0 radical (unpaired) electrons. The molecule has 1 N–H and O–H groups in total. The van der Waals surface area contributed by atoms with Crippen molar-refractivity contribution in [1.82, 2.24) is 15.1 Å². The standard InChI is InChI=1S/C20H26FN3O/c1-2-6-19-17(13-22-23-19)20(25)24-12-5-7-15(14-24)10-11-16-8-3-4-9-18(16)21/h3-4,8-9,13,15H,2,5-7,10-12,14H2,1H3,(H,22,23)/t15-/m0/s1. The van der Waals surface area contributed by atoms with Crippen LogP contribution in [0.15, 0.2) is 30.5 Å². The van der Waals surface area contributed by atoms with E-state index in [9.17, 15) is 9.18 Å². The number of aromatic nitrogens is 2. The Bertz CT molecular complexity index is 712. The van der Waals surface area contributed by atoms with Crippen molar-refractivity contribution in [3.05, 3.63) is 53.1 Å². The van der Waals surface area contributed by atoms with Crippen LogP contribution in [-0.4, -0.2) is 34.1 Å². The van der Waals surface area contributed by atoms with E-state index >= 15 is 0 Å². The molecule has 1 aromatic carbocycles. The Kier molecular flexibility index (Phi) is 5.84. The smallest absolute Gasteiger partial charge is 0.257 e. The Balaban J connectivity index is 1.60. The third-order valence-corrected chi connectivity index (χ3v) is 5.03. The highest BCUT2D eigenvalue weighted by atomic mass is 19.1. The molecule has 1 amide bonds. The SMILES string of the molecule is CCCc1[nH]ncc1C(=O)N1CCC[C@@H](CCc2ccccc2F)C1. The first-order valence-corrected chi connectivity index (χ1v) is 9.24. The lowest BCUT2D eigenvalue weighted by Crippen LogP contribution is -2.40. The third-order valence-electron chi connectivity index (χ3n) is 5.03. The van der Waals surface area contributed by atoms with Crippen molar-refractivity contribution in [2.45, 2.75) is 45.4 Å². The minimum Gasteiger partial charge on any atom is -0.338 e. The molecule has 0 unspecified atom stereocenters. The van der Waals surface area contributed by atoms with E-state index in [1.54, 1.807) is 12.3 Å². The Morgan fingerprint density at radius 1 is 1.36 bits per heavy atom. The van der Waals surface area contributed by atoms with Crippen LogP contribution in [0, 0.1) is 11.7 Å². The summed E-state index contributed by atoms with van der Waals surface area (Å²) in [5, 5.41) is 7.00. The molecule has 25 heavy (non-hydrogen) atoms. The molecular formula is C20H26FN3O. The summed E-state index contributed by atoms with van der Waals surface area (Å²) in [7, 11) is 0. The zero-order valence-electron chi connectivity index (χ0n) is 14.8. The second kappa shape index (κ2) is 8.28. The molecule has 3 rings (SSSR count). The van der Waals surface area contributed by atoms with Gasteiger partial charge in [0.15, 0.2) is 0 Å². The fourth-order valence-electron chi connectivity index (χ4n) is 3.65. The molecule has 2 aromatic rings. The number of nitrogens with one attached hydrogen (secondary N) is 1. The summed E-state index contributed by atoms with van der Waals surface area (Å²) in [6, 6.07) is 6.96. The van der Waals surface area contributed by atoms with Crippen LogP contribution in [0.25, 0.3) is 0 Å². The summed E-state index contributed by atoms with van der Waals surface area (Å²) in [4.78, 5) is 14.8. The maximum absolute atomic E-state index is 13.8. The monoisotopic (exact) mass is 343 g/mol. The molecule has 2 heterocycles. The predicted octanol–water partition coefficient (Wildman–Crippen LogP) is 3.99. The highest BCUT2D eigenvalue weighted by Crippen LogP contribution is 2.24. The number of hydrogen-bond donors (Lipinski definition) is 1. The van der Waals surface area contributed by atoms with Gasteiger partial charge in [-0.05, 0) is 49.7 Å². The molecule has 1 atom stereocenters. The van der Waals surface area contributed by atoms with Gasteiger partial charge in [-0.15, -0.1) is 0 Å². The summed E-state index contributed by atoms with van der Waals surface area (Å²) in [6.45, 7) is 3.64. The van der Waals surface area contributed by atoms with Gasteiger partial charge in [0, 0.05) is 18.8 Å². The molecule has 5 heteroatoms. The number of H-pyrrole nitrogens is 1. The highest BCUT2D eigenvalue weighted by molar-refractivity contribution is 5.95. The average molecular weight is 343 g/mol. The molecule has 1 aliphatic rings. The van der Waals surface area contributed by atoms with Crippen LogP contribution in [0.5, 0.6) is 0 Å². The fourth-order valence-corrected chi connectivity index (χ4v) is 3.65. The van der Waals surface area contributed by atoms with Gasteiger partial charge in [-0.1, -0.05) is 31.5 Å². The van der Waals surface area contributed by atoms with Crippen LogP contribution in [-0.2, 0) is 12.8 Å². The lowest BCUT2D eigenvalue weighted by Gasteiger charge is -2.33. The predicted molar refractivity (Wildman–Crippen MR) is 95.9 cm³/mol. The molecule has 134 valence electrons. The van der Waals surface area contributed by atoms with Crippen molar-refractivity contribution in [2.75, 3.05) is 13.1 Å². The maximum atomic E-state index is 13.8. The largest absolute Gasteiger partial charge is 0.338 e. The molecule has 0 spiro atoms. The van der Waals surface area contributed by atoms with Crippen molar-refractivity contribution in [2.24, 2.45) is 5.92 Å². The Hall–Kier alpha value is -2.17. The number of piperidine rings is 1. The van der Waals surface area contributed by atoms with Crippen molar-refractivity contribution in [3.63, 3.8) is 0 Å². The molecule has 4 nitrogen and oxygen atoms in total. The summed E-state index contributed by atoms with van der Waals surface area (Å²) in [5.41, 5.74) is 2.41. The summed E-state index contributed by atoms with van der Waals surface area (Å²) < 4.78 is 13.8. The minimum absolute atomic E-state index is 0.0767. The Morgan fingerprint density at radius 2 is 2.20 bits per heavy atom. The van der Waals surface area contributed by atoms with Crippen molar-refractivity contribution in [1.29, 1.82) is 0 Å². The topological polar surface area (TPSA) is 49.0 Å². The molecule has 1 aromatic heterocycles. The van der Waals surface area contributed by atoms with Gasteiger partial charge < -0.3 is 4.90 Å². The van der Waals surface area contributed by atoms with Crippen LogP contribution >= 0.6 is 0 Å². The van der Waals surface area contributed by atoms with E-state index in [1.807, 2.05) is 17.0 Å². The van der Waals surface area contributed by atoms with Crippen LogP contribution < -0.4 is 0 Å². The number of halogens is 1. The first-order valence-electron chi connectivity index (χ1n) is 9.24. The van der Waals surface area contributed by atoms with Crippen LogP contribution in [0.3, 0.4) is 0 Å². The normalized spacial score (nSPS) is 17.7. The number of carbonyl (C=O) groups is 1. The first kappa shape index (κ1) is 17.6. The summed E-state index contributed by atoms with van der Waals surface area (Å²) >= 11 is 0. The number of aromatic amines is 1. The number of amides is 1. The summed E-state index contributed by atoms with van der Waals surface area (Å²) in [5.74, 6) is 0.375. The Morgan fingerprint density at radius 3 is 3.00 bits per heavy atom. The van der Waals surface area contributed by atoms with Crippen LogP contribution in [0.4, 0.5) is 4.39 Å². The molecule has 0 aliphatic carbocycles. The number of carbonyl (C=O) groups excluding carboxylic acids is 1. The van der Waals surface area contributed by atoms with Gasteiger partial charge in [0.1, 0.15) is 5.82 Å². The van der Waals surface area contributed by atoms with E-state index in [4.69, 9.17) is 0 Å². The number of likely N-dealkylation sites (tertiary alicyclic amines) is 1.